The van der Waals surface area contributed by atoms with E-state index >= 15 is 0 Å². The maximum atomic E-state index is 9.77. The first-order valence-corrected chi connectivity index (χ1v) is 1.92. The third-order valence-electron chi connectivity index (χ3n) is 0.659. The molecule has 1 aromatic rings. The van der Waals surface area contributed by atoms with Crippen molar-refractivity contribution in [3.8, 4) is 0 Å². The molecule has 2 nitrogen and oxygen atoms in total. The molecular weight excluding hydrogens is 124 g/mol. The van der Waals surface area contributed by atoms with Crippen LogP contribution in [0.1, 0.15) is 10.6 Å². The number of rotatable bonds is 1. The summed E-state index contributed by atoms with van der Waals surface area (Å²) in [6.07, 6.45) is 2.13. The van der Waals surface area contributed by atoms with Crippen LogP contribution in [0.3, 0.4) is 0 Å². The Morgan fingerprint density at radius 1 is 1.62 bits per heavy atom. The summed E-state index contributed by atoms with van der Waals surface area (Å²) in [7, 11) is 0. The lowest BCUT2D eigenvalue weighted by Crippen LogP contribution is -1.65. The van der Waals surface area contributed by atoms with E-state index in [2.05, 4.69) is 4.42 Å². The van der Waals surface area contributed by atoms with E-state index in [0.717, 1.165) is 0 Å². The summed E-state index contributed by atoms with van der Waals surface area (Å²) in [6.45, 7) is 0. The second-order valence-corrected chi connectivity index (χ2v) is 1.13. The molecule has 0 aliphatic heterocycles. The molecule has 44 valence electrons. The van der Waals surface area contributed by atoms with Crippen molar-refractivity contribution in [1.29, 1.82) is 0 Å². The average Bonchev–Trinajstić information content (AvgIpc) is 2.14. The number of carbonyl (C=O) groups is 1. The molecule has 0 amide bonds. The number of hydrogen-bond donors (Lipinski definition) is 0. The molecule has 0 spiro atoms. The Hall–Kier alpha value is -0.700. The molecule has 8 heavy (non-hydrogen) atoms. The van der Waals surface area contributed by atoms with Crippen LogP contribution in [-0.4, -0.2) is 6.29 Å². The standard InChI is InChI=1S/C5H4O2.H2S/c6-4-5-2-1-3-7-5;/h1-4H;1H2/p-1. The molecule has 1 aromatic heterocycles. The van der Waals surface area contributed by atoms with Crippen LogP contribution in [-0.2, 0) is 13.5 Å². The van der Waals surface area contributed by atoms with Crippen LogP contribution in [0.25, 0.3) is 0 Å². The highest BCUT2D eigenvalue weighted by Gasteiger charge is 1.84. The monoisotopic (exact) mass is 129 g/mol. The Bertz CT molecular complexity index is 145. The van der Waals surface area contributed by atoms with Crippen molar-refractivity contribution in [3.05, 3.63) is 24.2 Å². The number of hydrogen-bond acceptors (Lipinski definition) is 3. The topological polar surface area (TPSA) is 30.2 Å². The lowest BCUT2D eigenvalue weighted by atomic mass is 10.5. The van der Waals surface area contributed by atoms with E-state index in [1.54, 1.807) is 12.1 Å². The van der Waals surface area contributed by atoms with Crippen LogP contribution in [0.5, 0.6) is 0 Å². The van der Waals surface area contributed by atoms with E-state index in [-0.39, 0.29) is 13.5 Å². The third kappa shape index (κ3) is 1.42. The Morgan fingerprint density at radius 3 is 2.62 bits per heavy atom. The summed E-state index contributed by atoms with van der Waals surface area (Å²) in [5.41, 5.74) is 0. The van der Waals surface area contributed by atoms with Crippen LogP contribution >= 0.6 is 0 Å². The molecule has 0 N–H and O–H groups in total. The first kappa shape index (κ1) is 7.30. The molecule has 0 aliphatic rings. The minimum absolute atomic E-state index is 0. The fourth-order valence-corrected chi connectivity index (χ4v) is 0.358. The fourth-order valence-electron chi connectivity index (χ4n) is 0.358. The summed E-state index contributed by atoms with van der Waals surface area (Å²) >= 11 is 0. The summed E-state index contributed by atoms with van der Waals surface area (Å²) in [6, 6.07) is 3.27. The highest BCUT2D eigenvalue weighted by Crippen LogP contribution is 1.92. The van der Waals surface area contributed by atoms with Crippen molar-refractivity contribution < 1.29 is 9.21 Å². The van der Waals surface area contributed by atoms with Crippen molar-refractivity contribution in [1.82, 2.24) is 0 Å². The molecule has 0 saturated heterocycles. The third-order valence-corrected chi connectivity index (χ3v) is 0.659. The van der Waals surface area contributed by atoms with Gasteiger partial charge in [-0.2, -0.15) is 0 Å². The van der Waals surface area contributed by atoms with Gasteiger partial charge in [0.15, 0.2) is 12.0 Å². The fraction of sp³-hybridized carbons (Fsp3) is 0. The summed E-state index contributed by atoms with van der Waals surface area (Å²) in [5.74, 6) is 0.375. The average molecular weight is 129 g/mol. The van der Waals surface area contributed by atoms with Gasteiger partial charge in [0.1, 0.15) is 0 Å². The Balaban J connectivity index is 0.000000490. The van der Waals surface area contributed by atoms with Gasteiger partial charge in [-0.25, -0.2) is 0 Å². The number of thiol groups is 1. The largest absolute Gasteiger partial charge is 0.813 e. The van der Waals surface area contributed by atoms with E-state index in [1.165, 1.54) is 6.26 Å². The van der Waals surface area contributed by atoms with Gasteiger partial charge in [-0.15, -0.1) is 0 Å². The zero-order valence-electron chi connectivity index (χ0n) is 4.07. The lowest BCUT2D eigenvalue weighted by Gasteiger charge is -1.68. The van der Waals surface area contributed by atoms with Gasteiger partial charge < -0.3 is 17.9 Å². The molecule has 0 fully saturated rings. The molecule has 0 aromatic carbocycles. The lowest BCUT2D eigenvalue weighted by molar-refractivity contribution is 0.110. The first-order valence-electron chi connectivity index (χ1n) is 1.92. The predicted molar refractivity (Wildman–Crippen MR) is 32.9 cm³/mol. The Labute approximate surface area is 53.9 Å². The van der Waals surface area contributed by atoms with Crippen LogP contribution < -0.4 is 0 Å². The van der Waals surface area contributed by atoms with Gasteiger partial charge in [-0.1, -0.05) is 0 Å². The number of furan rings is 1. The number of aldehydes is 1. The molecule has 1 heterocycles. The molecule has 0 atom stereocenters. The van der Waals surface area contributed by atoms with Gasteiger partial charge in [0.25, 0.3) is 0 Å². The molecule has 1 rings (SSSR count). The summed E-state index contributed by atoms with van der Waals surface area (Å²) in [4.78, 5) is 9.77. The first-order chi connectivity index (χ1) is 3.43. The Morgan fingerprint density at radius 2 is 2.38 bits per heavy atom. The molecule has 3 heteroatoms. The van der Waals surface area contributed by atoms with E-state index in [9.17, 15) is 4.79 Å². The van der Waals surface area contributed by atoms with Gasteiger partial charge in [0.05, 0.1) is 6.26 Å². The highest BCUT2D eigenvalue weighted by molar-refractivity contribution is 7.37. The molecular formula is C5H5O2S-. The van der Waals surface area contributed by atoms with Crippen molar-refractivity contribution in [2.75, 3.05) is 0 Å². The van der Waals surface area contributed by atoms with Gasteiger partial charge in [0, 0.05) is 0 Å². The minimum Gasteiger partial charge on any atom is -0.813 e. The molecule has 0 unspecified atom stereocenters. The van der Waals surface area contributed by atoms with Gasteiger partial charge in [0.2, 0.25) is 0 Å². The smallest absolute Gasteiger partial charge is 0.185 e. The van der Waals surface area contributed by atoms with Crippen LogP contribution in [0, 0.1) is 0 Å². The quantitative estimate of drug-likeness (QED) is 0.319. The maximum Gasteiger partial charge on any atom is 0.185 e. The van der Waals surface area contributed by atoms with E-state index in [0.29, 0.717) is 12.0 Å². The van der Waals surface area contributed by atoms with Crippen molar-refractivity contribution in [3.63, 3.8) is 0 Å². The van der Waals surface area contributed by atoms with Crippen LogP contribution in [0.15, 0.2) is 22.8 Å². The normalized spacial score (nSPS) is 7.50. The highest BCUT2D eigenvalue weighted by atomic mass is 32.1. The maximum absolute atomic E-state index is 9.77. The molecule has 0 saturated carbocycles. The Kier molecular flexibility index (Phi) is 3.03. The van der Waals surface area contributed by atoms with Gasteiger partial charge >= 0.3 is 0 Å². The summed E-state index contributed by atoms with van der Waals surface area (Å²) < 4.78 is 4.61. The second-order valence-electron chi connectivity index (χ2n) is 1.13. The van der Waals surface area contributed by atoms with Crippen LogP contribution in [0.2, 0.25) is 0 Å². The zero-order valence-corrected chi connectivity index (χ0v) is 4.97. The van der Waals surface area contributed by atoms with Crippen molar-refractivity contribution in [2.24, 2.45) is 0 Å². The van der Waals surface area contributed by atoms with Crippen LogP contribution in [0.4, 0.5) is 0 Å². The zero-order chi connectivity index (χ0) is 5.11. The van der Waals surface area contributed by atoms with E-state index in [1.807, 2.05) is 0 Å². The minimum atomic E-state index is 0. The predicted octanol–water partition coefficient (Wildman–Crippen LogP) is 0.822. The van der Waals surface area contributed by atoms with E-state index in [4.69, 9.17) is 0 Å². The molecule has 0 bridgehead atoms. The summed E-state index contributed by atoms with van der Waals surface area (Å²) in [5, 5.41) is 0. The molecule has 0 radical (unpaired) electrons. The van der Waals surface area contributed by atoms with Gasteiger partial charge in [-0.05, 0) is 12.1 Å². The van der Waals surface area contributed by atoms with Gasteiger partial charge in [-0.3, -0.25) is 4.79 Å². The van der Waals surface area contributed by atoms with Crippen molar-refractivity contribution in [2.45, 2.75) is 0 Å². The molecule has 0 aliphatic carbocycles. The van der Waals surface area contributed by atoms with E-state index < -0.39 is 0 Å². The SMILES string of the molecule is O=Cc1ccco1.[SH-]. The second kappa shape index (κ2) is 3.32. The van der Waals surface area contributed by atoms with Crippen molar-refractivity contribution >= 4 is 19.8 Å². The number of carbonyl (C=O) groups excluding carboxylic acids is 1.